The van der Waals surface area contributed by atoms with Crippen LogP contribution in [0.1, 0.15) is 5.56 Å². The maximum Gasteiger partial charge on any atom is 0.416 e. The van der Waals surface area contributed by atoms with Crippen LogP contribution in [0.2, 0.25) is 0 Å². The zero-order chi connectivity index (χ0) is 22.6. The lowest BCUT2D eigenvalue weighted by atomic mass is 10.2. The summed E-state index contributed by atoms with van der Waals surface area (Å²) in [6, 6.07) is 17.4. The number of para-hydroxylation sites is 1. The molecule has 1 N–H and O–H groups in total. The first-order chi connectivity index (χ1) is 15.4. The van der Waals surface area contributed by atoms with Gasteiger partial charge >= 0.3 is 6.18 Å². The van der Waals surface area contributed by atoms with Crippen molar-refractivity contribution in [3.05, 3.63) is 84.7 Å². The van der Waals surface area contributed by atoms with Crippen LogP contribution in [0.15, 0.2) is 84.3 Å². The second-order valence-electron chi connectivity index (χ2n) is 6.62. The summed E-state index contributed by atoms with van der Waals surface area (Å²) in [4.78, 5) is 16.4. The molecule has 0 aliphatic heterocycles. The lowest BCUT2D eigenvalue weighted by molar-refractivity contribution is -0.137. The molecule has 0 aliphatic carbocycles. The number of rotatable bonds is 6. The van der Waals surface area contributed by atoms with Gasteiger partial charge in [-0.1, -0.05) is 30.0 Å². The Morgan fingerprint density at radius 3 is 2.28 bits per heavy atom. The van der Waals surface area contributed by atoms with Gasteiger partial charge in [-0.2, -0.15) is 13.2 Å². The van der Waals surface area contributed by atoms with Crippen LogP contribution in [0, 0.1) is 0 Å². The molecule has 0 fully saturated rings. The summed E-state index contributed by atoms with van der Waals surface area (Å²) in [6.07, 6.45) is -1.11. The van der Waals surface area contributed by atoms with E-state index in [0.29, 0.717) is 11.0 Å². The first-order valence-corrected chi connectivity index (χ1v) is 10.4. The van der Waals surface area contributed by atoms with Gasteiger partial charge in [-0.25, -0.2) is 0 Å². The van der Waals surface area contributed by atoms with Crippen molar-refractivity contribution in [1.29, 1.82) is 0 Å². The van der Waals surface area contributed by atoms with E-state index in [0.717, 1.165) is 23.4 Å². The van der Waals surface area contributed by atoms with Crippen molar-refractivity contribution in [2.45, 2.75) is 11.3 Å². The molecule has 4 aromatic rings. The van der Waals surface area contributed by atoms with Crippen LogP contribution < -0.4 is 5.32 Å². The van der Waals surface area contributed by atoms with Crippen LogP contribution in [0.4, 0.5) is 18.9 Å². The van der Waals surface area contributed by atoms with Crippen LogP contribution in [-0.2, 0) is 11.0 Å². The minimum absolute atomic E-state index is 0.00232. The molecule has 1 amide bonds. The molecule has 0 radical (unpaired) electrons. The number of carbonyl (C=O) groups is 1. The number of nitrogens with zero attached hydrogens (tertiary/aromatic N) is 4. The van der Waals surface area contributed by atoms with E-state index in [4.69, 9.17) is 0 Å². The summed E-state index contributed by atoms with van der Waals surface area (Å²) in [5.41, 5.74) is 1.16. The number of halogens is 3. The largest absolute Gasteiger partial charge is 0.416 e. The molecule has 0 unspecified atom stereocenters. The number of aromatic nitrogens is 4. The molecular weight excluding hydrogens is 439 g/mol. The second kappa shape index (κ2) is 9.23. The minimum Gasteiger partial charge on any atom is -0.325 e. The standard InChI is InChI=1S/C22H16F3N5OS/c23-22(24,25)16-6-8-17(9-7-16)27-19(31)14-32-21-29-28-20(15-10-12-26-13-11-15)30(21)18-4-2-1-3-5-18/h1-13H,14H2,(H,27,31). The third-order valence-electron chi connectivity index (χ3n) is 4.41. The monoisotopic (exact) mass is 455 g/mol. The number of nitrogens with one attached hydrogen (secondary N) is 1. The van der Waals surface area contributed by atoms with Crippen LogP contribution in [0.25, 0.3) is 17.1 Å². The quantitative estimate of drug-likeness (QED) is 0.411. The van der Waals surface area contributed by atoms with Gasteiger partial charge in [0.1, 0.15) is 0 Å². The number of anilines is 1. The van der Waals surface area contributed by atoms with Crippen molar-refractivity contribution in [2.24, 2.45) is 0 Å². The van der Waals surface area contributed by atoms with Crippen molar-refractivity contribution >= 4 is 23.4 Å². The molecule has 2 aromatic heterocycles. The number of carbonyl (C=O) groups excluding carboxylic acids is 1. The van der Waals surface area contributed by atoms with Crippen molar-refractivity contribution in [1.82, 2.24) is 19.7 Å². The molecule has 32 heavy (non-hydrogen) atoms. The second-order valence-corrected chi connectivity index (χ2v) is 7.57. The predicted molar refractivity (Wildman–Crippen MR) is 115 cm³/mol. The first-order valence-electron chi connectivity index (χ1n) is 9.43. The molecule has 6 nitrogen and oxygen atoms in total. The Morgan fingerprint density at radius 1 is 0.938 bits per heavy atom. The van der Waals surface area contributed by atoms with Crippen molar-refractivity contribution < 1.29 is 18.0 Å². The van der Waals surface area contributed by atoms with E-state index < -0.39 is 11.7 Å². The number of hydrogen-bond acceptors (Lipinski definition) is 5. The summed E-state index contributed by atoms with van der Waals surface area (Å²) >= 11 is 1.17. The number of alkyl halides is 3. The van der Waals surface area contributed by atoms with Gasteiger partial charge in [-0.3, -0.25) is 14.3 Å². The average Bonchev–Trinajstić information content (AvgIpc) is 3.23. The molecule has 2 aromatic carbocycles. The van der Waals surface area contributed by atoms with Gasteiger partial charge in [-0.05, 0) is 48.5 Å². The van der Waals surface area contributed by atoms with Crippen molar-refractivity contribution in [3.63, 3.8) is 0 Å². The number of pyridine rings is 1. The molecule has 0 saturated carbocycles. The number of amides is 1. The highest BCUT2D eigenvalue weighted by Crippen LogP contribution is 2.30. The fourth-order valence-corrected chi connectivity index (χ4v) is 3.68. The van der Waals surface area contributed by atoms with E-state index in [-0.39, 0.29) is 17.3 Å². The average molecular weight is 455 g/mol. The van der Waals surface area contributed by atoms with Gasteiger partial charge < -0.3 is 5.32 Å². The van der Waals surface area contributed by atoms with Gasteiger partial charge in [0.05, 0.1) is 11.3 Å². The summed E-state index contributed by atoms with van der Waals surface area (Å²) in [5, 5.41) is 11.6. The molecule has 0 saturated heterocycles. The number of thioether (sulfide) groups is 1. The highest BCUT2D eigenvalue weighted by molar-refractivity contribution is 7.99. The fraction of sp³-hybridized carbons (Fsp3) is 0.0909. The van der Waals surface area contributed by atoms with Gasteiger partial charge in [0.2, 0.25) is 5.91 Å². The predicted octanol–water partition coefficient (Wildman–Crippen LogP) is 5.08. The summed E-state index contributed by atoms with van der Waals surface area (Å²) in [6.45, 7) is 0. The van der Waals surface area contributed by atoms with Gasteiger partial charge in [0.15, 0.2) is 11.0 Å². The Hall–Kier alpha value is -3.66. The lowest BCUT2D eigenvalue weighted by Gasteiger charge is -2.11. The van der Waals surface area contributed by atoms with E-state index >= 15 is 0 Å². The molecule has 2 heterocycles. The molecule has 10 heteroatoms. The SMILES string of the molecule is O=C(CSc1nnc(-c2ccncc2)n1-c1ccccc1)Nc1ccc(C(F)(F)F)cc1. The fourth-order valence-electron chi connectivity index (χ4n) is 2.93. The molecule has 4 rings (SSSR count). The first kappa shape index (κ1) is 21.6. The van der Waals surface area contributed by atoms with Crippen LogP contribution in [-0.4, -0.2) is 31.4 Å². The Morgan fingerprint density at radius 2 is 1.62 bits per heavy atom. The smallest absolute Gasteiger partial charge is 0.325 e. The lowest BCUT2D eigenvalue weighted by Crippen LogP contribution is -2.15. The topological polar surface area (TPSA) is 72.7 Å². The maximum atomic E-state index is 12.7. The minimum atomic E-state index is -4.42. The van der Waals surface area contributed by atoms with E-state index in [9.17, 15) is 18.0 Å². The maximum absolute atomic E-state index is 12.7. The third kappa shape index (κ3) is 4.97. The Labute approximate surface area is 185 Å². The highest BCUT2D eigenvalue weighted by Gasteiger charge is 2.30. The Bertz CT molecular complexity index is 1200. The third-order valence-corrected chi connectivity index (χ3v) is 5.34. The van der Waals surface area contributed by atoms with Crippen molar-refractivity contribution in [2.75, 3.05) is 11.1 Å². The zero-order valence-corrected chi connectivity index (χ0v) is 17.3. The normalized spacial score (nSPS) is 11.3. The van der Waals surface area contributed by atoms with E-state index in [1.807, 2.05) is 47.0 Å². The summed E-state index contributed by atoms with van der Waals surface area (Å²) < 4.78 is 39.9. The van der Waals surface area contributed by atoms with E-state index in [1.54, 1.807) is 12.4 Å². The zero-order valence-electron chi connectivity index (χ0n) is 16.5. The molecule has 0 aliphatic rings. The van der Waals surface area contributed by atoms with Crippen molar-refractivity contribution in [3.8, 4) is 17.1 Å². The Kier molecular flexibility index (Phi) is 6.22. The van der Waals surface area contributed by atoms with Gasteiger partial charge in [-0.15, -0.1) is 10.2 Å². The molecule has 0 spiro atoms. The van der Waals surface area contributed by atoms with E-state index in [2.05, 4.69) is 20.5 Å². The molecule has 0 atom stereocenters. The molecule has 0 bridgehead atoms. The molecular formula is C22H16F3N5OS. The van der Waals surface area contributed by atoms with Crippen LogP contribution in [0.5, 0.6) is 0 Å². The summed E-state index contributed by atoms with van der Waals surface area (Å²) in [5.74, 6) is 0.231. The number of hydrogen-bond donors (Lipinski definition) is 1. The van der Waals surface area contributed by atoms with Gasteiger partial charge in [0, 0.05) is 29.3 Å². The van der Waals surface area contributed by atoms with E-state index in [1.165, 1.54) is 23.9 Å². The highest BCUT2D eigenvalue weighted by atomic mass is 32.2. The molecule has 162 valence electrons. The van der Waals surface area contributed by atoms with Gasteiger partial charge in [0.25, 0.3) is 0 Å². The van der Waals surface area contributed by atoms with Crippen LogP contribution >= 0.6 is 11.8 Å². The van der Waals surface area contributed by atoms with Crippen LogP contribution in [0.3, 0.4) is 0 Å². The Balaban J connectivity index is 1.51. The summed E-state index contributed by atoms with van der Waals surface area (Å²) in [7, 11) is 0. The number of benzene rings is 2.